The predicted molar refractivity (Wildman–Crippen MR) is 108 cm³/mol. The Bertz CT molecular complexity index is 970. The van der Waals surface area contributed by atoms with Crippen molar-refractivity contribution in [1.29, 1.82) is 5.26 Å². The Kier molecular flexibility index (Phi) is 5.11. The van der Waals surface area contributed by atoms with Gasteiger partial charge < -0.3 is 9.80 Å². The molecule has 140 valence electrons. The van der Waals surface area contributed by atoms with Crippen molar-refractivity contribution in [2.45, 2.75) is 19.8 Å². The van der Waals surface area contributed by atoms with Crippen molar-refractivity contribution in [3.05, 3.63) is 65.6 Å². The van der Waals surface area contributed by atoms with Gasteiger partial charge in [-0.05, 0) is 43.0 Å². The molecule has 28 heavy (non-hydrogen) atoms. The maximum Gasteiger partial charge on any atom is 0.251 e. The van der Waals surface area contributed by atoms with E-state index in [4.69, 9.17) is 4.98 Å². The van der Waals surface area contributed by atoms with Crippen LogP contribution in [0.4, 0.5) is 17.5 Å². The van der Waals surface area contributed by atoms with Crippen LogP contribution in [-0.4, -0.2) is 39.8 Å². The lowest BCUT2D eigenvalue weighted by molar-refractivity contribution is 0.767. The van der Waals surface area contributed by atoms with E-state index in [2.05, 4.69) is 50.4 Å². The van der Waals surface area contributed by atoms with Crippen molar-refractivity contribution in [3.8, 4) is 6.07 Å². The standard InChI is InChI=1S/C21H21N7/c1-2-28(18-8-5-11-23-15-18)21-24-20(19(14-22)25-26-21)27-12-9-16-6-3-4-7-17(16)10-13-27/h3-8,11,15H,2,9-10,12-13H2,1H3. The Hall–Kier alpha value is -3.53. The number of hydrogen-bond donors (Lipinski definition) is 0. The van der Waals surface area contributed by atoms with E-state index in [0.29, 0.717) is 18.3 Å². The van der Waals surface area contributed by atoms with Crippen LogP contribution >= 0.6 is 0 Å². The Labute approximate surface area is 164 Å². The minimum atomic E-state index is 0.261. The summed E-state index contributed by atoms with van der Waals surface area (Å²) < 4.78 is 0. The fraction of sp³-hybridized carbons (Fsp3) is 0.286. The van der Waals surface area contributed by atoms with Crippen LogP contribution in [0.3, 0.4) is 0 Å². The van der Waals surface area contributed by atoms with Gasteiger partial charge >= 0.3 is 0 Å². The van der Waals surface area contributed by atoms with Gasteiger partial charge in [0.25, 0.3) is 5.95 Å². The lowest BCUT2D eigenvalue weighted by Gasteiger charge is -2.25. The summed E-state index contributed by atoms with van der Waals surface area (Å²) in [6.45, 7) is 4.28. The second-order valence-corrected chi connectivity index (χ2v) is 6.61. The fourth-order valence-electron chi connectivity index (χ4n) is 3.55. The molecule has 0 N–H and O–H groups in total. The molecule has 4 rings (SSSR count). The first kappa shape index (κ1) is 17.9. The molecule has 0 unspecified atom stereocenters. The van der Waals surface area contributed by atoms with Crippen LogP contribution in [-0.2, 0) is 12.8 Å². The molecule has 0 fully saturated rings. The number of aromatic nitrogens is 4. The maximum atomic E-state index is 9.55. The molecular weight excluding hydrogens is 350 g/mol. The van der Waals surface area contributed by atoms with Gasteiger partial charge in [-0.1, -0.05) is 24.3 Å². The third-order valence-electron chi connectivity index (χ3n) is 5.00. The Morgan fingerprint density at radius 1 is 1.07 bits per heavy atom. The van der Waals surface area contributed by atoms with Crippen molar-refractivity contribution in [2.75, 3.05) is 29.4 Å². The summed E-state index contributed by atoms with van der Waals surface area (Å²) >= 11 is 0. The topological polar surface area (TPSA) is 81.8 Å². The Morgan fingerprint density at radius 3 is 2.43 bits per heavy atom. The van der Waals surface area contributed by atoms with Gasteiger partial charge in [-0.25, -0.2) is 0 Å². The molecule has 7 nitrogen and oxygen atoms in total. The molecule has 0 radical (unpaired) electrons. The number of fused-ring (bicyclic) bond motifs is 1. The molecule has 0 saturated carbocycles. The maximum absolute atomic E-state index is 9.55. The second-order valence-electron chi connectivity index (χ2n) is 6.61. The summed E-state index contributed by atoms with van der Waals surface area (Å²) in [5.41, 5.74) is 3.87. The van der Waals surface area contributed by atoms with Crippen molar-refractivity contribution in [3.63, 3.8) is 0 Å². The first-order valence-electron chi connectivity index (χ1n) is 9.44. The molecule has 0 saturated heterocycles. The minimum absolute atomic E-state index is 0.261. The molecule has 2 aromatic heterocycles. The highest BCUT2D eigenvalue weighted by molar-refractivity contribution is 5.59. The van der Waals surface area contributed by atoms with Gasteiger partial charge in [0, 0.05) is 25.8 Å². The first-order valence-corrected chi connectivity index (χ1v) is 9.44. The number of nitrogens with zero attached hydrogens (tertiary/aromatic N) is 7. The van der Waals surface area contributed by atoms with Crippen molar-refractivity contribution < 1.29 is 0 Å². The monoisotopic (exact) mass is 371 g/mol. The van der Waals surface area contributed by atoms with Gasteiger partial charge in [-0.3, -0.25) is 4.98 Å². The zero-order valence-electron chi connectivity index (χ0n) is 15.8. The van der Waals surface area contributed by atoms with Crippen molar-refractivity contribution in [1.82, 2.24) is 20.2 Å². The summed E-state index contributed by atoms with van der Waals surface area (Å²) in [7, 11) is 0. The first-order chi connectivity index (χ1) is 13.8. The van der Waals surface area contributed by atoms with Crippen LogP contribution in [0.1, 0.15) is 23.7 Å². The molecule has 0 bridgehead atoms. The van der Waals surface area contributed by atoms with Crippen LogP contribution in [0.5, 0.6) is 0 Å². The van der Waals surface area contributed by atoms with E-state index in [1.807, 2.05) is 24.0 Å². The highest BCUT2D eigenvalue weighted by atomic mass is 15.4. The molecule has 1 aromatic carbocycles. The highest BCUT2D eigenvalue weighted by Gasteiger charge is 2.22. The molecule has 7 heteroatoms. The van der Waals surface area contributed by atoms with Crippen LogP contribution < -0.4 is 9.80 Å². The van der Waals surface area contributed by atoms with E-state index in [-0.39, 0.29) is 5.69 Å². The van der Waals surface area contributed by atoms with Crippen LogP contribution in [0, 0.1) is 11.3 Å². The number of nitriles is 1. The zero-order valence-corrected chi connectivity index (χ0v) is 15.8. The minimum Gasteiger partial charge on any atom is -0.353 e. The average molecular weight is 371 g/mol. The average Bonchev–Trinajstić information content (AvgIpc) is 2.98. The lowest BCUT2D eigenvalue weighted by atomic mass is 10.0. The van der Waals surface area contributed by atoms with E-state index < -0.39 is 0 Å². The van der Waals surface area contributed by atoms with Gasteiger partial charge in [0.2, 0.25) is 5.69 Å². The van der Waals surface area contributed by atoms with Gasteiger partial charge in [0.05, 0.1) is 11.9 Å². The highest BCUT2D eigenvalue weighted by Crippen LogP contribution is 2.25. The normalized spacial score (nSPS) is 13.4. The quantitative estimate of drug-likeness (QED) is 0.697. The van der Waals surface area contributed by atoms with Crippen LogP contribution in [0.15, 0.2) is 48.8 Å². The van der Waals surface area contributed by atoms with Crippen LogP contribution in [0.25, 0.3) is 0 Å². The third kappa shape index (κ3) is 3.49. The molecule has 3 aromatic rings. The number of pyridine rings is 1. The van der Waals surface area contributed by atoms with Gasteiger partial charge in [-0.2, -0.15) is 10.2 Å². The van der Waals surface area contributed by atoms with Crippen molar-refractivity contribution in [2.24, 2.45) is 0 Å². The molecule has 0 atom stereocenters. The molecule has 3 heterocycles. The zero-order chi connectivity index (χ0) is 19.3. The van der Waals surface area contributed by atoms with E-state index >= 15 is 0 Å². The van der Waals surface area contributed by atoms with E-state index in [1.54, 1.807) is 12.4 Å². The molecule has 1 aliphatic rings. The van der Waals surface area contributed by atoms with E-state index in [9.17, 15) is 5.26 Å². The number of benzene rings is 1. The molecule has 0 aliphatic carbocycles. The SMILES string of the molecule is CCN(c1cccnc1)c1nnc(C#N)c(N2CCc3ccccc3CC2)n1. The predicted octanol–water partition coefficient (Wildman–Crippen LogP) is 2.90. The molecule has 0 amide bonds. The summed E-state index contributed by atoms with van der Waals surface area (Å²) in [6, 6.07) is 14.5. The lowest BCUT2D eigenvalue weighted by Crippen LogP contribution is -2.30. The number of rotatable bonds is 4. The smallest absolute Gasteiger partial charge is 0.251 e. The molecule has 1 aliphatic heterocycles. The number of hydrogen-bond acceptors (Lipinski definition) is 7. The second kappa shape index (κ2) is 8.01. The van der Waals surface area contributed by atoms with Gasteiger partial charge in [0.1, 0.15) is 6.07 Å². The van der Waals surface area contributed by atoms with E-state index in [0.717, 1.165) is 31.6 Å². The molecular formula is C21H21N7. The summed E-state index contributed by atoms with van der Waals surface area (Å²) in [5.74, 6) is 1.08. The van der Waals surface area contributed by atoms with Gasteiger partial charge in [0.15, 0.2) is 5.82 Å². The van der Waals surface area contributed by atoms with E-state index in [1.165, 1.54) is 11.1 Å². The third-order valence-corrected chi connectivity index (χ3v) is 5.00. The largest absolute Gasteiger partial charge is 0.353 e. The summed E-state index contributed by atoms with van der Waals surface area (Å²) in [5, 5.41) is 17.9. The molecule has 0 spiro atoms. The fourth-order valence-corrected chi connectivity index (χ4v) is 3.55. The van der Waals surface area contributed by atoms with Crippen LogP contribution in [0.2, 0.25) is 0 Å². The Balaban J connectivity index is 1.67. The van der Waals surface area contributed by atoms with Crippen molar-refractivity contribution >= 4 is 17.5 Å². The van der Waals surface area contributed by atoms with Gasteiger partial charge in [-0.15, -0.1) is 10.2 Å². The summed E-state index contributed by atoms with van der Waals surface area (Å²) in [6.07, 6.45) is 5.34. The summed E-state index contributed by atoms with van der Waals surface area (Å²) in [4.78, 5) is 13.0. The number of anilines is 3. The Morgan fingerprint density at radius 2 is 1.82 bits per heavy atom.